The molecule has 2 heterocycles. The lowest BCUT2D eigenvalue weighted by Crippen LogP contribution is -2.31. The average Bonchev–Trinajstić information content (AvgIpc) is 2.73. The Bertz CT molecular complexity index is 358. The molecule has 1 aliphatic rings. The minimum Gasteiger partial charge on any atom is -0.336 e. The van der Waals surface area contributed by atoms with Crippen LogP contribution < -0.4 is 5.73 Å². The lowest BCUT2D eigenvalue weighted by atomic mass is 10.3. The molecule has 1 amide bonds. The molecule has 7 heteroatoms. The Labute approximate surface area is 111 Å². The number of aryl methyl sites for hydroxylation is 1. The first kappa shape index (κ1) is 15.6. The molecule has 92 valence electrons. The van der Waals surface area contributed by atoms with Gasteiger partial charge in [0.1, 0.15) is 4.88 Å². The van der Waals surface area contributed by atoms with Gasteiger partial charge in [-0.3, -0.25) is 4.79 Å². The van der Waals surface area contributed by atoms with Crippen LogP contribution in [0.25, 0.3) is 0 Å². The summed E-state index contributed by atoms with van der Waals surface area (Å²) in [6, 6.07) is 0.146. The first-order chi connectivity index (χ1) is 6.68. The molecule has 1 unspecified atom stereocenters. The van der Waals surface area contributed by atoms with Gasteiger partial charge < -0.3 is 10.6 Å². The van der Waals surface area contributed by atoms with E-state index in [9.17, 15) is 4.79 Å². The van der Waals surface area contributed by atoms with Crippen LogP contribution in [0.15, 0.2) is 5.51 Å². The van der Waals surface area contributed by atoms with Gasteiger partial charge in [0.25, 0.3) is 5.91 Å². The summed E-state index contributed by atoms with van der Waals surface area (Å²) in [6.07, 6.45) is 0.906. The van der Waals surface area contributed by atoms with E-state index in [4.69, 9.17) is 5.73 Å². The van der Waals surface area contributed by atoms with Crippen LogP contribution in [0.3, 0.4) is 0 Å². The van der Waals surface area contributed by atoms with Gasteiger partial charge in [-0.2, -0.15) is 0 Å². The van der Waals surface area contributed by atoms with Gasteiger partial charge in [0, 0.05) is 19.1 Å². The second-order valence-electron chi connectivity index (χ2n) is 3.57. The molecule has 1 fully saturated rings. The number of amides is 1. The standard InChI is InChI=1S/C9H13N3OS.2ClH/c1-6-8(14-5-11-6)9(13)12-3-2-7(10)4-12;;/h5,7H,2-4,10H2,1H3;2*1H. The van der Waals surface area contributed by atoms with Crippen molar-refractivity contribution in [3.63, 3.8) is 0 Å². The molecule has 16 heavy (non-hydrogen) atoms. The second kappa shape index (κ2) is 6.39. The first-order valence-corrected chi connectivity index (χ1v) is 5.51. The molecule has 2 N–H and O–H groups in total. The van der Waals surface area contributed by atoms with Crippen molar-refractivity contribution in [1.29, 1.82) is 0 Å². The van der Waals surface area contributed by atoms with E-state index in [0.717, 1.165) is 23.5 Å². The molecule has 0 aliphatic carbocycles. The SMILES string of the molecule is Cc1ncsc1C(=O)N1CCC(N)C1.Cl.Cl. The predicted molar refractivity (Wildman–Crippen MR) is 69.8 cm³/mol. The molecule has 0 bridgehead atoms. The Morgan fingerprint density at radius 2 is 2.31 bits per heavy atom. The highest BCUT2D eigenvalue weighted by atomic mass is 35.5. The minimum absolute atomic E-state index is 0. The highest BCUT2D eigenvalue weighted by Crippen LogP contribution is 2.18. The molecule has 1 atom stereocenters. The second-order valence-corrected chi connectivity index (χ2v) is 4.42. The molecule has 1 aromatic rings. The Morgan fingerprint density at radius 1 is 1.62 bits per heavy atom. The third-order valence-electron chi connectivity index (χ3n) is 2.45. The number of likely N-dealkylation sites (tertiary alicyclic amines) is 1. The normalized spacial score (nSPS) is 18.9. The quantitative estimate of drug-likeness (QED) is 0.849. The number of rotatable bonds is 1. The molecule has 1 aliphatic heterocycles. The van der Waals surface area contributed by atoms with E-state index in [-0.39, 0.29) is 36.8 Å². The molecular weight excluding hydrogens is 269 g/mol. The smallest absolute Gasteiger partial charge is 0.265 e. The van der Waals surface area contributed by atoms with Gasteiger partial charge in [0.2, 0.25) is 0 Å². The van der Waals surface area contributed by atoms with Crippen molar-refractivity contribution in [1.82, 2.24) is 9.88 Å². The van der Waals surface area contributed by atoms with Crippen molar-refractivity contribution in [2.24, 2.45) is 5.73 Å². The predicted octanol–water partition coefficient (Wildman–Crippen LogP) is 1.47. The summed E-state index contributed by atoms with van der Waals surface area (Å²) in [4.78, 5) is 18.5. The number of carbonyl (C=O) groups excluding carboxylic acids is 1. The van der Waals surface area contributed by atoms with Crippen LogP contribution in [0.2, 0.25) is 0 Å². The molecule has 4 nitrogen and oxygen atoms in total. The summed E-state index contributed by atoms with van der Waals surface area (Å²) < 4.78 is 0. The van der Waals surface area contributed by atoms with E-state index in [1.165, 1.54) is 11.3 Å². The third kappa shape index (κ3) is 3.07. The molecule has 0 aromatic carbocycles. The van der Waals surface area contributed by atoms with Gasteiger partial charge in [0.05, 0.1) is 11.2 Å². The maximum absolute atomic E-state index is 11.9. The largest absolute Gasteiger partial charge is 0.336 e. The van der Waals surface area contributed by atoms with Crippen LogP contribution in [0.1, 0.15) is 21.8 Å². The third-order valence-corrected chi connectivity index (χ3v) is 3.37. The fraction of sp³-hybridized carbons (Fsp3) is 0.556. The number of carbonyl (C=O) groups is 1. The number of thiazole rings is 1. The van der Waals surface area contributed by atoms with Crippen molar-refractivity contribution < 1.29 is 4.79 Å². The van der Waals surface area contributed by atoms with Crippen LogP contribution in [-0.4, -0.2) is 34.9 Å². The Balaban J connectivity index is 0.00000112. The topological polar surface area (TPSA) is 59.2 Å². The lowest BCUT2D eigenvalue weighted by molar-refractivity contribution is 0.0794. The summed E-state index contributed by atoms with van der Waals surface area (Å²) in [5, 5.41) is 0. The van der Waals surface area contributed by atoms with Crippen molar-refractivity contribution >= 4 is 42.1 Å². The van der Waals surface area contributed by atoms with Crippen molar-refractivity contribution in [3.8, 4) is 0 Å². The Morgan fingerprint density at radius 3 is 2.75 bits per heavy atom. The maximum Gasteiger partial charge on any atom is 0.265 e. The number of aromatic nitrogens is 1. The van der Waals surface area contributed by atoms with Gasteiger partial charge in [-0.05, 0) is 13.3 Å². The van der Waals surface area contributed by atoms with Gasteiger partial charge in [-0.25, -0.2) is 4.98 Å². The van der Waals surface area contributed by atoms with E-state index in [2.05, 4.69) is 4.98 Å². The van der Waals surface area contributed by atoms with E-state index in [1.54, 1.807) is 5.51 Å². The fourth-order valence-electron chi connectivity index (χ4n) is 1.62. The molecule has 0 spiro atoms. The van der Waals surface area contributed by atoms with Crippen LogP contribution >= 0.6 is 36.2 Å². The van der Waals surface area contributed by atoms with Crippen LogP contribution in [-0.2, 0) is 0 Å². The molecule has 0 saturated carbocycles. The molecular formula is C9H15Cl2N3OS. The van der Waals surface area contributed by atoms with Crippen molar-refractivity contribution in [3.05, 3.63) is 16.1 Å². The number of halogens is 2. The zero-order valence-corrected chi connectivity index (χ0v) is 11.3. The lowest BCUT2D eigenvalue weighted by Gasteiger charge is -2.14. The van der Waals surface area contributed by atoms with Gasteiger partial charge in [0.15, 0.2) is 0 Å². The van der Waals surface area contributed by atoms with Crippen LogP contribution in [0, 0.1) is 6.92 Å². The monoisotopic (exact) mass is 283 g/mol. The van der Waals surface area contributed by atoms with E-state index in [1.807, 2.05) is 11.8 Å². The van der Waals surface area contributed by atoms with E-state index in [0.29, 0.717) is 6.54 Å². The van der Waals surface area contributed by atoms with Crippen LogP contribution in [0.4, 0.5) is 0 Å². The van der Waals surface area contributed by atoms with Gasteiger partial charge in [-0.15, -0.1) is 36.2 Å². The number of hydrogen-bond acceptors (Lipinski definition) is 4. The molecule has 0 radical (unpaired) electrons. The van der Waals surface area contributed by atoms with E-state index >= 15 is 0 Å². The van der Waals surface area contributed by atoms with Crippen molar-refractivity contribution in [2.75, 3.05) is 13.1 Å². The Hall–Kier alpha value is -0.360. The minimum atomic E-state index is 0. The van der Waals surface area contributed by atoms with Gasteiger partial charge >= 0.3 is 0 Å². The number of hydrogen-bond donors (Lipinski definition) is 1. The summed E-state index contributed by atoms with van der Waals surface area (Å²) in [5.41, 5.74) is 8.28. The summed E-state index contributed by atoms with van der Waals surface area (Å²) in [5.74, 6) is 0.0814. The zero-order valence-electron chi connectivity index (χ0n) is 8.88. The summed E-state index contributed by atoms with van der Waals surface area (Å²) >= 11 is 1.40. The van der Waals surface area contributed by atoms with Crippen LogP contribution in [0.5, 0.6) is 0 Å². The van der Waals surface area contributed by atoms with E-state index < -0.39 is 0 Å². The molecule has 2 rings (SSSR count). The average molecular weight is 284 g/mol. The van der Waals surface area contributed by atoms with Crippen molar-refractivity contribution in [2.45, 2.75) is 19.4 Å². The van der Waals surface area contributed by atoms with Gasteiger partial charge in [-0.1, -0.05) is 0 Å². The molecule has 1 saturated heterocycles. The summed E-state index contributed by atoms with van der Waals surface area (Å²) in [7, 11) is 0. The number of nitrogens with two attached hydrogens (primary N) is 1. The molecule has 1 aromatic heterocycles. The fourth-order valence-corrected chi connectivity index (χ4v) is 2.39. The highest BCUT2D eigenvalue weighted by Gasteiger charge is 2.26. The number of nitrogens with zero attached hydrogens (tertiary/aromatic N) is 2. The summed E-state index contributed by atoms with van der Waals surface area (Å²) in [6.45, 7) is 3.31. The maximum atomic E-state index is 11.9. The zero-order chi connectivity index (χ0) is 10.1. The highest BCUT2D eigenvalue weighted by molar-refractivity contribution is 7.11. The first-order valence-electron chi connectivity index (χ1n) is 4.63. The Kier molecular flexibility index (Phi) is 6.25.